The number of aromatic nitrogens is 1. The molecule has 0 saturated carbocycles. The number of Topliss-reactive ketones (excluding diaryl/α,β-unsaturated/α-hetero) is 1. The fourth-order valence-corrected chi connectivity index (χ4v) is 5.53. The Morgan fingerprint density at radius 1 is 1.19 bits per heavy atom. The van der Waals surface area contributed by atoms with Gasteiger partial charge in [-0.2, -0.15) is 0 Å². The number of fused-ring (bicyclic) bond motifs is 2. The first kappa shape index (κ1) is 17.4. The maximum Gasteiger partial charge on any atom is 0.151 e. The summed E-state index contributed by atoms with van der Waals surface area (Å²) in [6, 6.07) is 7.14. The van der Waals surface area contributed by atoms with Crippen molar-refractivity contribution < 1.29 is 4.79 Å². The summed E-state index contributed by atoms with van der Waals surface area (Å²) in [5, 5.41) is 1.42. The van der Waals surface area contributed by atoms with Crippen LogP contribution in [0.25, 0.3) is 10.9 Å². The lowest BCUT2D eigenvalue weighted by Gasteiger charge is -2.45. The Balaban J connectivity index is 1.36. The molecule has 1 aromatic heterocycles. The quantitative estimate of drug-likeness (QED) is 0.902. The molecular weight excluding hydrogens is 336 g/mol. The third-order valence-corrected chi connectivity index (χ3v) is 7.16. The van der Waals surface area contributed by atoms with Crippen LogP contribution in [0.15, 0.2) is 24.4 Å². The van der Waals surface area contributed by atoms with Gasteiger partial charge in [0, 0.05) is 67.7 Å². The zero-order valence-electron chi connectivity index (χ0n) is 16.4. The minimum absolute atomic E-state index is 0.159. The van der Waals surface area contributed by atoms with E-state index in [0.29, 0.717) is 24.3 Å². The van der Waals surface area contributed by atoms with Gasteiger partial charge in [0.1, 0.15) is 0 Å². The monoisotopic (exact) mass is 366 g/mol. The molecule has 3 heterocycles. The maximum atomic E-state index is 13.1. The standard InChI is InChI=1S/C22H30N4O/c1-24-6-8-26(9-7-24)14-21(27)16-10-18-17-4-3-5-19-22(17)15(12-23-19)11-20(18)25(2)13-16/h3-5,12,16,18,20,23H,6-11,13-14H2,1-2H3/t16?,18?,20-/m1/s1. The molecule has 2 fully saturated rings. The minimum Gasteiger partial charge on any atom is -0.361 e. The van der Waals surface area contributed by atoms with Gasteiger partial charge in [-0.3, -0.25) is 9.69 Å². The maximum absolute atomic E-state index is 13.1. The Morgan fingerprint density at radius 2 is 2.00 bits per heavy atom. The lowest BCUT2D eigenvalue weighted by molar-refractivity contribution is -0.126. The van der Waals surface area contributed by atoms with Crippen LogP contribution in [0.5, 0.6) is 0 Å². The van der Waals surface area contributed by atoms with Crippen LogP contribution >= 0.6 is 0 Å². The van der Waals surface area contributed by atoms with Gasteiger partial charge in [0.05, 0.1) is 6.54 Å². The summed E-state index contributed by atoms with van der Waals surface area (Å²) in [5.74, 6) is 1.07. The summed E-state index contributed by atoms with van der Waals surface area (Å²) in [6.07, 6.45) is 4.28. The molecule has 1 aliphatic carbocycles. The summed E-state index contributed by atoms with van der Waals surface area (Å²) in [6.45, 7) is 5.71. The second-order valence-corrected chi connectivity index (χ2v) is 8.88. The van der Waals surface area contributed by atoms with Gasteiger partial charge in [0.15, 0.2) is 5.78 Å². The largest absolute Gasteiger partial charge is 0.361 e. The third kappa shape index (κ3) is 3.02. The van der Waals surface area contributed by atoms with Gasteiger partial charge < -0.3 is 14.8 Å². The number of piperidine rings is 1. The van der Waals surface area contributed by atoms with Gasteiger partial charge in [-0.25, -0.2) is 0 Å². The molecule has 5 heteroatoms. The van der Waals surface area contributed by atoms with E-state index in [0.717, 1.165) is 45.6 Å². The number of piperazine rings is 1. The number of nitrogens with one attached hydrogen (secondary N) is 1. The molecule has 5 rings (SSSR count). The van der Waals surface area contributed by atoms with E-state index in [2.05, 4.69) is 58.2 Å². The number of carbonyl (C=O) groups excluding carboxylic acids is 1. The van der Waals surface area contributed by atoms with Crippen LogP contribution in [0.3, 0.4) is 0 Å². The number of nitrogens with zero attached hydrogens (tertiary/aromatic N) is 3. The number of ketones is 1. The topological polar surface area (TPSA) is 42.6 Å². The first-order valence-electron chi connectivity index (χ1n) is 10.3. The van der Waals surface area contributed by atoms with E-state index in [1.54, 1.807) is 0 Å². The minimum atomic E-state index is 0.159. The number of benzene rings is 1. The summed E-state index contributed by atoms with van der Waals surface area (Å²) < 4.78 is 0. The SMILES string of the molecule is CN1CCN(CC(=O)C2CC3c4cccc5[nH]cc(c45)C[C@H]3N(C)C2)CC1. The van der Waals surface area contributed by atoms with E-state index in [4.69, 9.17) is 0 Å². The van der Waals surface area contributed by atoms with E-state index >= 15 is 0 Å². The predicted octanol–water partition coefficient (Wildman–Crippen LogP) is 1.94. The highest BCUT2D eigenvalue weighted by atomic mass is 16.1. The molecule has 144 valence electrons. The summed E-state index contributed by atoms with van der Waals surface area (Å²) >= 11 is 0. The fraction of sp³-hybridized carbons (Fsp3) is 0.591. The van der Waals surface area contributed by atoms with Crippen molar-refractivity contribution in [1.82, 2.24) is 19.7 Å². The molecule has 3 atom stereocenters. The first-order chi connectivity index (χ1) is 13.1. The molecule has 0 amide bonds. The average molecular weight is 367 g/mol. The van der Waals surface area contributed by atoms with Crippen LogP contribution in [0.1, 0.15) is 23.5 Å². The Morgan fingerprint density at radius 3 is 2.81 bits per heavy atom. The van der Waals surface area contributed by atoms with Crippen LogP contribution < -0.4 is 0 Å². The number of rotatable bonds is 3. The number of H-pyrrole nitrogens is 1. The van der Waals surface area contributed by atoms with Crippen molar-refractivity contribution in [3.8, 4) is 0 Å². The van der Waals surface area contributed by atoms with Gasteiger partial charge in [-0.15, -0.1) is 0 Å². The molecule has 0 bridgehead atoms. The lowest BCUT2D eigenvalue weighted by atomic mass is 9.71. The van der Waals surface area contributed by atoms with E-state index in [-0.39, 0.29) is 5.92 Å². The number of carbonyl (C=O) groups is 1. The second-order valence-electron chi connectivity index (χ2n) is 8.88. The lowest BCUT2D eigenvalue weighted by Crippen LogP contribution is -2.52. The molecule has 0 spiro atoms. The molecule has 27 heavy (non-hydrogen) atoms. The summed E-state index contributed by atoms with van der Waals surface area (Å²) in [7, 11) is 4.37. The predicted molar refractivity (Wildman–Crippen MR) is 108 cm³/mol. The van der Waals surface area contributed by atoms with E-state index in [1.165, 1.54) is 22.0 Å². The second kappa shape index (κ2) is 6.73. The zero-order valence-corrected chi connectivity index (χ0v) is 16.4. The molecule has 3 aliphatic rings. The highest BCUT2D eigenvalue weighted by Crippen LogP contribution is 2.44. The van der Waals surface area contributed by atoms with Crippen molar-refractivity contribution in [1.29, 1.82) is 0 Å². The van der Waals surface area contributed by atoms with Gasteiger partial charge in [0.2, 0.25) is 0 Å². The molecule has 2 aliphatic heterocycles. The number of likely N-dealkylation sites (tertiary alicyclic amines) is 1. The number of hydrogen-bond acceptors (Lipinski definition) is 4. The molecule has 5 nitrogen and oxygen atoms in total. The fourth-order valence-electron chi connectivity index (χ4n) is 5.53. The Bertz CT molecular complexity index is 851. The molecular formula is C22H30N4O. The zero-order chi connectivity index (χ0) is 18.5. The average Bonchev–Trinajstić information content (AvgIpc) is 3.09. The number of hydrogen-bond donors (Lipinski definition) is 1. The van der Waals surface area contributed by atoms with Gasteiger partial charge in [0.25, 0.3) is 0 Å². The van der Waals surface area contributed by atoms with Crippen LogP contribution in [-0.4, -0.2) is 84.9 Å². The van der Waals surface area contributed by atoms with Crippen molar-refractivity contribution in [3.63, 3.8) is 0 Å². The van der Waals surface area contributed by atoms with Crippen molar-refractivity contribution in [3.05, 3.63) is 35.5 Å². The van der Waals surface area contributed by atoms with Crippen LogP contribution in [0.4, 0.5) is 0 Å². The molecule has 1 aromatic carbocycles. The Hall–Kier alpha value is -1.69. The first-order valence-corrected chi connectivity index (χ1v) is 10.3. The number of aromatic amines is 1. The van der Waals surface area contributed by atoms with E-state index < -0.39 is 0 Å². The van der Waals surface area contributed by atoms with Gasteiger partial charge in [-0.05, 0) is 44.1 Å². The number of likely N-dealkylation sites (N-methyl/N-ethyl adjacent to an activating group) is 2. The van der Waals surface area contributed by atoms with Crippen LogP contribution in [-0.2, 0) is 11.2 Å². The molecule has 1 N–H and O–H groups in total. The normalized spacial score (nSPS) is 29.8. The third-order valence-electron chi connectivity index (χ3n) is 7.16. The highest BCUT2D eigenvalue weighted by Gasteiger charge is 2.41. The van der Waals surface area contributed by atoms with Gasteiger partial charge in [-0.1, -0.05) is 12.1 Å². The van der Waals surface area contributed by atoms with Gasteiger partial charge >= 0.3 is 0 Å². The van der Waals surface area contributed by atoms with Crippen molar-refractivity contribution in [2.75, 3.05) is 53.4 Å². The highest BCUT2D eigenvalue weighted by molar-refractivity contribution is 5.89. The smallest absolute Gasteiger partial charge is 0.151 e. The molecule has 2 saturated heterocycles. The molecule has 2 aromatic rings. The molecule has 2 unspecified atom stereocenters. The molecule has 0 radical (unpaired) electrons. The van der Waals surface area contributed by atoms with Crippen LogP contribution in [0.2, 0.25) is 0 Å². The van der Waals surface area contributed by atoms with E-state index in [1.807, 2.05) is 0 Å². The summed E-state index contributed by atoms with van der Waals surface area (Å²) in [5.41, 5.74) is 4.13. The Kier molecular flexibility index (Phi) is 4.34. The summed E-state index contributed by atoms with van der Waals surface area (Å²) in [4.78, 5) is 23.7. The Labute approximate surface area is 161 Å². The van der Waals surface area contributed by atoms with Crippen molar-refractivity contribution in [2.45, 2.75) is 24.8 Å². The van der Waals surface area contributed by atoms with E-state index in [9.17, 15) is 4.79 Å². The van der Waals surface area contributed by atoms with Crippen LogP contribution in [0, 0.1) is 5.92 Å². The van der Waals surface area contributed by atoms with Crippen molar-refractivity contribution >= 4 is 16.7 Å². The van der Waals surface area contributed by atoms with Crippen molar-refractivity contribution in [2.24, 2.45) is 5.92 Å².